The second-order valence-corrected chi connectivity index (χ2v) is 5.08. The zero-order valence-electron chi connectivity index (χ0n) is 9.82. The molecule has 1 atom stereocenters. The summed E-state index contributed by atoms with van der Waals surface area (Å²) < 4.78 is 0. The molecule has 4 heteroatoms. The summed E-state index contributed by atoms with van der Waals surface area (Å²) in [7, 11) is 0. The lowest BCUT2D eigenvalue weighted by molar-refractivity contribution is -0.129. The van der Waals surface area contributed by atoms with Crippen LogP contribution in [-0.4, -0.2) is 48.7 Å². The van der Waals surface area contributed by atoms with E-state index >= 15 is 0 Å². The van der Waals surface area contributed by atoms with Crippen LogP contribution in [0.1, 0.15) is 25.7 Å². The van der Waals surface area contributed by atoms with Crippen molar-refractivity contribution in [3.63, 3.8) is 0 Å². The highest BCUT2D eigenvalue weighted by Gasteiger charge is 2.26. The first-order chi connectivity index (χ1) is 7.79. The van der Waals surface area contributed by atoms with Crippen LogP contribution in [0.5, 0.6) is 0 Å². The van der Waals surface area contributed by atoms with Gasteiger partial charge in [-0.3, -0.25) is 4.79 Å². The molecule has 2 N–H and O–H groups in total. The molecule has 1 aliphatic carbocycles. The van der Waals surface area contributed by atoms with Gasteiger partial charge in [-0.15, -0.1) is 0 Å². The first-order valence-electron chi connectivity index (χ1n) is 6.39. The number of nitrogens with zero attached hydrogens (tertiary/aromatic N) is 1. The molecule has 1 amide bonds. The highest BCUT2D eigenvalue weighted by Crippen LogP contribution is 2.27. The molecule has 2 rings (SSSR count). The van der Waals surface area contributed by atoms with Gasteiger partial charge in [0.1, 0.15) is 0 Å². The number of carbonyl (C=O) groups excluding carboxylic acids is 1. The summed E-state index contributed by atoms with van der Waals surface area (Å²) in [6.07, 6.45) is 4.53. The predicted octanol–water partition coefficient (Wildman–Crippen LogP) is 0.217. The SMILES string of the molecule is O=C(CNCC1CC1)N1CCC(CCO)C1. The number of likely N-dealkylation sites (tertiary alicyclic amines) is 1. The van der Waals surface area contributed by atoms with Crippen LogP contribution >= 0.6 is 0 Å². The summed E-state index contributed by atoms with van der Waals surface area (Å²) >= 11 is 0. The molecule has 1 saturated heterocycles. The molecular weight excluding hydrogens is 204 g/mol. The van der Waals surface area contributed by atoms with Crippen LogP contribution in [0.3, 0.4) is 0 Å². The summed E-state index contributed by atoms with van der Waals surface area (Å²) in [5.74, 6) is 1.56. The Bertz CT molecular complexity index is 241. The maximum atomic E-state index is 11.8. The van der Waals surface area contributed by atoms with Crippen LogP contribution < -0.4 is 5.32 Å². The van der Waals surface area contributed by atoms with Crippen LogP contribution in [0.15, 0.2) is 0 Å². The molecule has 0 radical (unpaired) electrons. The Morgan fingerprint density at radius 3 is 2.81 bits per heavy atom. The third kappa shape index (κ3) is 3.46. The molecule has 0 aromatic heterocycles. The van der Waals surface area contributed by atoms with Gasteiger partial charge >= 0.3 is 0 Å². The van der Waals surface area contributed by atoms with Crippen molar-refractivity contribution >= 4 is 5.91 Å². The van der Waals surface area contributed by atoms with Gasteiger partial charge in [0.05, 0.1) is 6.54 Å². The number of aliphatic hydroxyl groups is 1. The molecule has 0 spiro atoms. The molecule has 92 valence electrons. The number of carbonyl (C=O) groups is 1. The lowest BCUT2D eigenvalue weighted by atomic mass is 10.1. The van der Waals surface area contributed by atoms with Gasteiger partial charge in [0.2, 0.25) is 5.91 Å². The molecular formula is C12H22N2O2. The normalized spacial score (nSPS) is 25.1. The Morgan fingerprint density at radius 1 is 1.31 bits per heavy atom. The van der Waals surface area contributed by atoms with Gasteiger partial charge in [-0.1, -0.05) is 0 Å². The van der Waals surface area contributed by atoms with Crippen molar-refractivity contribution < 1.29 is 9.90 Å². The smallest absolute Gasteiger partial charge is 0.236 e. The van der Waals surface area contributed by atoms with Gasteiger partial charge in [-0.2, -0.15) is 0 Å². The number of amides is 1. The predicted molar refractivity (Wildman–Crippen MR) is 62.0 cm³/mol. The number of hydrogen-bond donors (Lipinski definition) is 2. The molecule has 0 aromatic carbocycles. The summed E-state index contributed by atoms with van der Waals surface area (Å²) in [5, 5.41) is 12.1. The Morgan fingerprint density at radius 2 is 2.12 bits per heavy atom. The van der Waals surface area contributed by atoms with Crippen molar-refractivity contribution in [2.45, 2.75) is 25.7 Å². The number of aliphatic hydroxyl groups excluding tert-OH is 1. The Kier molecular flexibility index (Phi) is 4.18. The van der Waals surface area contributed by atoms with Crippen LogP contribution in [0.2, 0.25) is 0 Å². The average Bonchev–Trinajstić information content (AvgIpc) is 2.97. The minimum Gasteiger partial charge on any atom is -0.396 e. The van der Waals surface area contributed by atoms with Crippen molar-refractivity contribution in [1.29, 1.82) is 0 Å². The third-order valence-corrected chi connectivity index (χ3v) is 3.58. The molecule has 1 aliphatic heterocycles. The highest BCUT2D eigenvalue weighted by atomic mass is 16.3. The second-order valence-electron chi connectivity index (χ2n) is 5.08. The fourth-order valence-electron chi connectivity index (χ4n) is 2.29. The van der Waals surface area contributed by atoms with E-state index in [4.69, 9.17) is 5.11 Å². The fraction of sp³-hybridized carbons (Fsp3) is 0.917. The average molecular weight is 226 g/mol. The van der Waals surface area contributed by atoms with E-state index in [-0.39, 0.29) is 12.5 Å². The van der Waals surface area contributed by atoms with Crippen molar-refractivity contribution in [2.24, 2.45) is 11.8 Å². The minimum atomic E-state index is 0.223. The van der Waals surface area contributed by atoms with Gasteiger partial charge in [0.25, 0.3) is 0 Å². The quantitative estimate of drug-likeness (QED) is 0.681. The van der Waals surface area contributed by atoms with E-state index in [1.165, 1.54) is 12.8 Å². The van der Waals surface area contributed by atoms with Crippen LogP contribution in [0, 0.1) is 11.8 Å². The summed E-state index contributed by atoms with van der Waals surface area (Å²) in [6, 6.07) is 0. The van der Waals surface area contributed by atoms with Crippen LogP contribution in [0.25, 0.3) is 0 Å². The second kappa shape index (κ2) is 5.64. The molecule has 1 saturated carbocycles. The van der Waals surface area contributed by atoms with E-state index in [0.29, 0.717) is 12.5 Å². The number of hydrogen-bond acceptors (Lipinski definition) is 3. The lowest BCUT2D eigenvalue weighted by Crippen LogP contribution is -2.37. The Balaban J connectivity index is 1.61. The molecule has 2 aliphatic rings. The molecule has 16 heavy (non-hydrogen) atoms. The van der Waals surface area contributed by atoms with E-state index in [9.17, 15) is 4.79 Å². The first-order valence-corrected chi connectivity index (χ1v) is 6.39. The first kappa shape index (κ1) is 11.9. The number of nitrogens with one attached hydrogen (secondary N) is 1. The van der Waals surface area contributed by atoms with E-state index in [2.05, 4.69) is 5.32 Å². The lowest BCUT2D eigenvalue weighted by Gasteiger charge is -2.16. The van der Waals surface area contributed by atoms with E-state index < -0.39 is 0 Å². The summed E-state index contributed by atoms with van der Waals surface area (Å²) in [4.78, 5) is 13.7. The highest BCUT2D eigenvalue weighted by molar-refractivity contribution is 5.78. The fourth-order valence-corrected chi connectivity index (χ4v) is 2.29. The molecule has 1 unspecified atom stereocenters. The van der Waals surface area contributed by atoms with Gasteiger partial charge in [0.15, 0.2) is 0 Å². The van der Waals surface area contributed by atoms with Crippen molar-refractivity contribution in [3.05, 3.63) is 0 Å². The molecule has 1 heterocycles. The third-order valence-electron chi connectivity index (χ3n) is 3.58. The van der Waals surface area contributed by atoms with Gasteiger partial charge < -0.3 is 15.3 Å². The largest absolute Gasteiger partial charge is 0.396 e. The minimum absolute atomic E-state index is 0.223. The number of rotatable bonds is 6. The van der Waals surface area contributed by atoms with Gasteiger partial charge in [-0.05, 0) is 44.1 Å². The zero-order valence-corrected chi connectivity index (χ0v) is 9.82. The maximum Gasteiger partial charge on any atom is 0.236 e. The van der Waals surface area contributed by atoms with E-state index in [1.54, 1.807) is 0 Å². The topological polar surface area (TPSA) is 52.6 Å². The summed E-state index contributed by atoms with van der Waals surface area (Å²) in [6.45, 7) is 3.44. The zero-order chi connectivity index (χ0) is 11.4. The molecule has 0 aromatic rings. The van der Waals surface area contributed by atoms with Crippen molar-refractivity contribution in [3.8, 4) is 0 Å². The molecule has 2 fully saturated rings. The standard InChI is InChI=1S/C12H22N2O2/c15-6-4-11-3-5-14(9-11)12(16)8-13-7-10-1-2-10/h10-11,13,15H,1-9H2. The summed E-state index contributed by atoms with van der Waals surface area (Å²) in [5.41, 5.74) is 0. The maximum absolute atomic E-state index is 11.8. The molecule has 0 bridgehead atoms. The van der Waals surface area contributed by atoms with Crippen LogP contribution in [0.4, 0.5) is 0 Å². The van der Waals surface area contributed by atoms with Crippen LogP contribution in [-0.2, 0) is 4.79 Å². The Labute approximate surface area is 97.0 Å². The Hall–Kier alpha value is -0.610. The van der Waals surface area contributed by atoms with E-state index in [0.717, 1.165) is 38.4 Å². The van der Waals surface area contributed by atoms with Gasteiger partial charge in [-0.25, -0.2) is 0 Å². The van der Waals surface area contributed by atoms with Crippen molar-refractivity contribution in [2.75, 3.05) is 32.8 Å². The van der Waals surface area contributed by atoms with Crippen molar-refractivity contribution in [1.82, 2.24) is 10.2 Å². The van der Waals surface area contributed by atoms with Gasteiger partial charge in [0, 0.05) is 19.7 Å². The molecule has 4 nitrogen and oxygen atoms in total. The van der Waals surface area contributed by atoms with E-state index in [1.807, 2.05) is 4.90 Å². The monoisotopic (exact) mass is 226 g/mol.